The van der Waals surface area contributed by atoms with Crippen LogP contribution in [0.1, 0.15) is 43.7 Å². The monoisotopic (exact) mass is 344 g/mol. The molecule has 134 valence electrons. The minimum Gasteiger partial charge on any atom is -0.465 e. The molecule has 0 N–H and O–H groups in total. The van der Waals surface area contributed by atoms with E-state index in [0.717, 1.165) is 6.20 Å². The van der Waals surface area contributed by atoms with Crippen molar-refractivity contribution in [2.45, 2.75) is 33.9 Å². The normalized spacial score (nSPS) is 10.0. The third kappa shape index (κ3) is 5.40. The van der Waals surface area contributed by atoms with E-state index >= 15 is 0 Å². The number of hydrogen-bond acceptors (Lipinski definition) is 3. The molecule has 1 aromatic heterocycles. The molecule has 0 atom stereocenters. The summed E-state index contributed by atoms with van der Waals surface area (Å²) in [7, 11) is 2.73. The van der Waals surface area contributed by atoms with Crippen molar-refractivity contribution < 1.29 is 22.7 Å². The highest BCUT2D eigenvalue weighted by Gasteiger charge is 2.34. The zero-order valence-corrected chi connectivity index (χ0v) is 14.7. The second-order valence-electron chi connectivity index (χ2n) is 4.13. The van der Waals surface area contributed by atoms with Gasteiger partial charge >= 0.3 is 12.1 Å². The Morgan fingerprint density at radius 3 is 1.96 bits per heavy atom. The van der Waals surface area contributed by atoms with E-state index in [4.69, 9.17) is 0 Å². The van der Waals surface area contributed by atoms with E-state index < -0.39 is 17.8 Å². The molecule has 0 aliphatic rings. The lowest BCUT2D eigenvalue weighted by molar-refractivity contribution is -0.140. The average Bonchev–Trinajstić information content (AvgIpc) is 3.00. The fourth-order valence-electron chi connectivity index (χ4n) is 1.74. The lowest BCUT2D eigenvalue weighted by Crippen LogP contribution is -2.04. The van der Waals surface area contributed by atoms with Gasteiger partial charge in [0, 0.05) is 18.8 Å². The van der Waals surface area contributed by atoms with E-state index in [9.17, 15) is 18.0 Å². The maximum absolute atomic E-state index is 12.6. The van der Waals surface area contributed by atoms with Crippen molar-refractivity contribution in [3.8, 4) is 11.4 Å². The van der Waals surface area contributed by atoms with Gasteiger partial charge in [-0.05, 0) is 12.1 Å². The van der Waals surface area contributed by atoms with Gasteiger partial charge in [0.15, 0.2) is 5.69 Å². The zero-order chi connectivity index (χ0) is 18.9. The van der Waals surface area contributed by atoms with Crippen LogP contribution >= 0.6 is 0 Å². The van der Waals surface area contributed by atoms with Gasteiger partial charge in [-0.3, -0.25) is 0 Å². The maximum Gasteiger partial charge on any atom is 0.434 e. The van der Waals surface area contributed by atoms with Crippen molar-refractivity contribution in [2.24, 2.45) is 7.05 Å². The smallest absolute Gasteiger partial charge is 0.434 e. The first-order valence-corrected chi connectivity index (χ1v) is 7.62. The van der Waals surface area contributed by atoms with E-state index in [0.29, 0.717) is 11.1 Å². The molecular weight excluding hydrogens is 321 g/mol. The van der Waals surface area contributed by atoms with Crippen LogP contribution < -0.4 is 0 Å². The molecule has 0 unspecified atom stereocenters. The zero-order valence-electron chi connectivity index (χ0n) is 14.7. The standard InChI is InChI=1S/C13H11F3N2O2.2C2H6/c1-18-7-10(13(14,15)16)17-11(18)8-3-5-9(6-4-8)12(19)20-2;2*1-2/h3-7H,1-2H3;2*1-2H3. The van der Waals surface area contributed by atoms with Gasteiger partial charge in [0.2, 0.25) is 0 Å². The van der Waals surface area contributed by atoms with E-state index in [1.807, 2.05) is 27.7 Å². The maximum atomic E-state index is 12.6. The Morgan fingerprint density at radius 2 is 1.58 bits per heavy atom. The van der Waals surface area contributed by atoms with Crippen molar-refractivity contribution in [1.29, 1.82) is 0 Å². The SMILES string of the molecule is CC.CC.COC(=O)c1ccc(-c2nc(C(F)(F)F)cn2C)cc1. The van der Waals surface area contributed by atoms with Crippen LogP contribution in [0.15, 0.2) is 30.5 Å². The summed E-state index contributed by atoms with van der Waals surface area (Å²) < 4.78 is 43.6. The quantitative estimate of drug-likeness (QED) is 0.725. The van der Waals surface area contributed by atoms with Crippen molar-refractivity contribution in [3.05, 3.63) is 41.7 Å². The molecule has 4 nitrogen and oxygen atoms in total. The number of aromatic nitrogens is 2. The summed E-state index contributed by atoms with van der Waals surface area (Å²) in [5.74, 6) is -0.332. The minimum absolute atomic E-state index is 0.175. The molecule has 0 fully saturated rings. The number of carbonyl (C=O) groups is 1. The summed E-state index contributed by atoms with van der Waals surface area (Å²) in [6.07, 6.45) is -3.56. The number of hydrogen-bond donors (Lipinski definition) is 0. The molecule has 0 radical (unpaired) electrons. The number of halogens is 3. The molecule has 2 aromatic rings. The Balaban J connectivity index is 0.00000123. The topological polar surface area (TPSA) is 44.1 Å². The van der Waals surface area contributed by atoms with Crippen LogP contribution in [-0.2, 0) is 18.0 Å². The van der Waals surface area contributed by atoms with E-state index in [1.54, 1.807) is 0 Å². The number of carbonyl (C=O) groups excluding carboxylic acids is 1. The van der Waals surface area contributed by atoms with Crippen LogP contribution in [0.25, 0.3) is 11.4 Å². The molecule has 2 rings (SSSR count). The van der Waals surface area contributed by atoms with Crippen LogP contribution in [0, 0.1) is 0 Å². The lowest BCUT2D eigenvalue weighted by Gasteiger charge is -2.03. The predicted molar refractivity (Wildman–Crippen MR) is 87.7 cm³/mol. The highest BCUT2D eigenvalue weighted by atomic mass is 19.4. The molecule has 1 heterocycles. The number of aryl methyl sites for hydroxylation is 1. The van der Waals surface area contributed by atoms with E-state index in [-0.39, 0.29) is 5.82 Å². The van der Waals surface area contributed by atoms with Gasteiger partial charge < -0.3 is 9.30 Å². The lowest BCUT2D eigenvalue weighted by atomic mass is 10.1. The van der Waals surface area contributed by atoms with Gasteiger partial charge in [0.25, 0.3) is 0 Å². The number of methoxy groups -OCH3 is 1. The number of rotatable bonds is 2. The van der Waals surface area contributed by atoms with Crippen LogP contribution in [0.5, 0.6) is 0 Å². The molecule has 0 aliphatic carbocycles. The number of imidazole rings is 1. The van der Waals surface area contributed by atoms with Gasteiger partial charge in [-0.2, -0.15) is 13.2 Å². The molecule has 0 amide bonds. The Bertz CT molecular complexity index is 632. The fraction of sp³-hybridized carbons (Fsp3) is 0.412. The molecule has 24 heavy (non-hydrogen) atoms. The number of nitrogens with zero attached hydrogens (tertiary/aromatic N) is 2. The van der Waals surface area contributed by atoms with Crippen LogP contribution in [0.4, 0.5) is 13.2 Å². The third-order valence-corrected chi connectivity index (χ3v) is 2.73. The molecular formula is C17H23F3N2O2. The largest absolute Gasteiger partial charge is 0.465 e. The Hall–Kier alpha value is -2.31. The molecule has 1 aromatic carbocycles. The second kappa shape index (κ2) is 9.75. The van der Waals surface area contributed by atoms with E-state index in [1.165, 1.54) is 43.0 Å². The molecule has 0 saturated carbocycles. The molecule has 0 aliphatic heterocycles. The van der Waals surface area contributed by atoms with Crippen molar-refractivity contribution in [1.82, 2.24) is 9.55 Å². The van der Waals surface area contributed by atoms with Crippen molar-refractivity contribution in [2.75, 3.05) is 7.11 Å². The summed E-state index contributed by atoms with van der Waals surface area (Å²) in [5.41, 5.74) is -0.149. The Kier molecular flexibility index (Phi) is 8.81. The van der Waals surface area contributed by atoms with Crippen molar-refractivity contribution >= 4 is 5.97 Å². The number of ether oxygens (including phenoxy) is 1. The van der Waals surface area contributed by atoms with Gasteiger partial charge in [-0.1, -0.05) is 39.8 Å². The number of esters is 1. The van der Waals surface area contributed by atoms with Gasteiger partial charge in [-0.15, -0.1) is 0 Å². The summed E-state index contributed by atoms with van der Waals surface area (Å²) in [4.78, 5) is 14.8. The van der Waals surface area contributed by atoms with Gasteiger partial charge in [-0.25, -0.2) is 9.78 Å². The Labute approximate surface area is 140 Å². The summed E-state index contributed by atoms with van der Waals surface area (Å²) in [5, 5.41) is 0. The van der Waals surface area contributed by atoms with Crippen molar-refractivity contribution in [3.63, 3.8) is 0 Å². The molecule has 0 spiro atoms. The number of benzene rings is 1. The fourth-order valence-corrected chi connectivity index (χ4v) is 1.74. The number of alkyl halides is 3. The summed E-state index contributed by atoms with van der Waals surface area (Å²) in [6, 6.07) is 6.00. The minimum atomic E-state index is -4.48. The predicted octanol–water partition coefficient (Wildman–Crippen LogP) is 4.94. The second-order valence-corrected chi connectivity index (χ2v) is 4.13. The molecule has 7 heteroatoms. The first-order chi connectivity index (χ1) is 11.3. The summed E-state index contributed by atoms with van der Waals surface area (Å²) in [6.45, 7) is 8.00. The molecule has 0 bridgehead atoms. The third-order valence-electron chi connectivity index (χ3n) is 2.73. The first-order valence-electron chi connectivity index (χ1n) is 7.62. The van der Waals surface area contributed by atoms with Gasteiger partial charge in [0.1, 0.15) is 5.82 Å². The summed E-state index contributed by atoms with van der Waals surface area (Å²) >= 11 is 0. The van der Waals surface area contributed by atoms with E-state index in [2.05, 4.69) is 9.72 Å². The Morgan fingerprint density at radius 1 is 1.08 bits per heavy atom. The highest BCUT2D eigenvalue weighted by molar-refractivity contribution is 5.89. The average molecular weight is 344 g/mol. The van der Waals surface area contributed by atoms with Crippen LogP contribution in [0.2, 0.25) is 0 Å². The van der Waals surface area contributed by atoms with Crippen LogP contribution in [0.3, 0.4) is 0 Å². The highest BCUT2D eigenvalue weighted by Crippen LogP contribution is 2.30. The first kappa shape index (κ1) is 21.7. The molecule has 0 saturated heterocycles. The van der Waals surface area contributed by atoms with Crippen LogP contribution in [-0.4, -0.2) is 22.6 Å². The van der Waals surface area contributed by atoms with Gasteiger partial charge in [0.05, 0.1) is 12.7 Å².